The molecule has 1 amide bonds. The van der Waals surface area contributed by atoms with Gasteiger partial charge in [-0.25, -0.2) is 4.39 Å². The maximum atomic E-state index is 13.5. The Morgan fingerprint density at radius 3 is 2.83 bits per heavy atom. The van der Waals surface area contributed by atoms with Crippen molar-refractivity contribution in [1.82, 2.24) is 5.32 Å². The summed E-state index contributed by atoms with van der Waals surface area (Å²) in [6, 6.07) is 10.2. The van der Waals surface area contributed by atoms with Gasteiger partial charge in [-0.1, -0.05) is 25.1 Å². The monoisotopic (exact) mass is 342 g/mol. The lowest BCUT2D eigenvalue weighted by molar-refractivity contribution is 0.0953. The summed E-state index contributed by atoms with van der Waals surface area (Å²) >= 11 is 1.48. The van der Waals surface area contributed by atoms with Crippen LogP contribution in [-0.2, 0) is 0 Å². The molecule has 0 spiro atoms. The average molecular weight is 342 g/mol. The Morgan fingerprint density at radius 1 is 1.21 bits per heavy atom. The zero-order chi connectivity index (χ0) is 17.1. The average Bonchev–Trinajstić information content (AvgIpc) is 2.69. The molecule has 1 aliphatic heterocycles. The maximum Gasteiger partial charge on any atom is 0.251 e. The fraction of sp³-hybridized carbons (Fsp3) is 0.263. The van der Waals surface area contributed by atoms with Crippen molar-refractivity contribution in [2.75, 3.05) is 6.54 Å². The minimum atomic E-state index is -0.260. The fourth-order valence-corrected chi connectivity index (χ4v) is 3.63. The van der Waals surface area contributed by atoms with E-state index < -0.39 is 0 Å². The summed E-state index contributed by atoms with van der Waals surface area (Å²) in [5.74, 6) is -0.346. The van der Waals surface area contributed by atoms with E-state index in [1.54, 1.807) is 18.2 Å². The minimum Gasteiger partial charge on any atom is -0.352 e. The molecule has 0 fully saturated rings. The van der Waals surface area contributed by atoms with Gasteiger partial charge in [0.05, 0.1) is 5.69 Å². The van der Waals surface area contributed by atoms with Gasteiger partial charge in [-0.05, 0) is 49.7 Å². The second kappa shape index (κ2) is 7.18. The highest BCUT2D eigenvalue weighted by Crippen LogP contribution is 2.40. The first-order valence-electron chi connectivity index (χ1n) is 8.04. The predicted molar refractivity (Wildman–Crippen MR) is 96.1 cm³/mol. The van der Waals surface area contributed by atoms with Crippen molar-refractivity contribution in [2.24, 2.45) is 4.99 Å². The first-order valence-corrected chi connectivity index (χ1v) is 8.85. The third-order valence-corrected chi connectivity index (χ3v) is 5.00. The number of fused-ring (bicyclic) bond motifs is 2. The van der Waals surface area contributed by atoms with Gasteiger partial charge in [0.15, 0.2) is 0 Å². The molecule has 0 aromatic heterocycles. The molecule has 3 nitrogen and oxygen atoms in total. The predicted octanol–water partition coefficient (Wildman–Crippen LogP) is 4.96. The molecule has 124 valence electrons. The van der Waals surface area contributed by atoms with Crippen molar-refractivity contribution < 1.29 is 9.18 Å². The van der Waals surface area contributed by atoms with Crippen molar-refractivity contribution in [3.05, 3.63) is 53.3 Å². The van der Waals surface area contributed by atoms with E-state index in [1.165, 1.54) is 23.9 Å². The number of carbonyl (C=O) groups is 1. The van der Waals surface area contributed by atoms with Crippen molar-refractivity contribution in [1.29, 1.82) is 0 Å². The fourth-order valence-electron chi connectivity index (χ4n) is 2.55. The second-order valence-corrected chi connectivity index (χ2v) is 6.82. The Balaban J connectivity index is 1.92. The van der Waals surface area contributed by atoms with Crippen LogP contribution in [0.5, 0.6) is 0 Å². The number of carbonyl (C=O) groups excluding carboxylic acids is 1. The van der Waals surface area contributed by atoms with E-state index >= 15 is 0 Å². The lowest BCUT2D eigenvalue weighted by Gasteiger charge is -2.08. The number of rotatable bonds is 4. The summed E-state index contributed by atoms with van der Waals surface area (Å²) in [5, 5.41) is 2.91. The number of halogens is 1. The van der Waals surface area contributed by atoms with Gasteiger partial charge >= 0.3 is 0 Å². The molecule has 0 saturated heterocycles. The van der Waals surface area contributed by atoms with Gasteiger partial charge in [-0.15, -0.1) is 0 Å². The molecule has 24 heavy (non-hydrogen) atoms. The molecular formula is C19H19FN2OS. The van der Waals surface area contributed by atoms with Crippen LogP contribution in [-0.4, -0.2) is 18.2 Å². The standard InChI is InChI=1S/C19H19FN2OS/c1-3-4-9-21-19(23)13-5-8-17-16(10-13)22-12(2)15-7-6-14(20)11-18(15)24-17/h5-8,10-11H,3-4,9H2,1-2H3,(H,21,23). The van der Waals surface area contributed by atoms with E-state index in [9.17, 15) is 9.18 Å². The Kier molecular flexibility index (Phi) is 5.00. The summed E-state index contributed by atoms with van der Waals surface area (Å²) in [7, 11) is 0. The number of nitrogens with one attached hydrogen (secondary N) is 1. The molecule has 0 saturated carbocycles. The van der Waals surface area contributed by atoms with E-state index in [1.807, 2.05) is 13.0 Å². The van der Waals surface area contributed by atoms with Crippen LogP contribution in [0.1, 0.15) is 42.6 Å². The largest absolute Gasteiger partial charge is 0.352 e. The third-order valence-electron chi connectivity index (χ3n) is 3.88. The Hall–Kier alpha value is -2.14. The van der Waals surface area contributed by atoms with Gasteiger partial charge in [-0.2, -0.15) is 0 Å². The highest BCUT2D eigenvalue weighted by atomic mass is 32.2. The number of hydrogen-bond acceptors (Lipinski definition) is 3. The van der Waals surface area contributed by atoms with Crippen molar-refractivity contribution >= 4 is 29.1 Å². The van der Waals surface area contributed by atoms with Gasteiger partial charge in [0.25, 0.3) is 5.91 Å². The van der Waals surface area contributed by atoms with Crippen molar-refractivity contribution in [2.45, 2.75) is 36.5 Å². The second-order valence-electron chi connectivity index (χ2n) is 5.73. The topological polar surface area (TPSA) is 41.5 Å². The molecule has 0 radical (unpaired) electrons. The van der Waals surface area contributed by atoms with Gasteiger partial charge in [0.1, 0.15) is 5.82 Å². The van der Waals surface area contributed by atoms with Crippen LogP contribution in [0.3, 0.4) is 0 Å². The smallest absolute Gasteiger partial charge is 0.251 e. The van der Waals surface area contributed by atoms with Crippen LogP contribution >= 0.6 is 11.8 Å². The Bertz CT molecular complexity index is 817. The Labute approximate surface area is 145 Å². The van der Waals surface area contributed by atoms with Crippen LogP contribution < -0.4 is 5.32 Å². The van der Waals surface area contributed by atoms with E-state index in [2.05, 4.69) is 17.2 Å². The first kappa shape index (κ1) is 16.7. The molecule has 5 heteroatoms. The van der Waals surface area contributed by atoms with Crippen LogP contribution in [0.25, 0.3) is 0 Å². The third kappa shape index (κ3) is 3.51. The van der Waals surface area contributed by atoms with E-state index in [4.69, 9.17) is 0 Å². The van der Waals surface area contributed by atoms with Crippen molar-refractivity contribution in [3.63, 3.8) is 0 Å². The normalized spacial score (nSPS) is 12.7. The molecule has 1 N–H and O–H groups in total. The molecule has 1 aliphatic rings. The zero-order valence-corrected chi connectivity index (χ0v) is 14.5. The molecule has 0 bridgehead atoms. The summed E-state index contributed by atoms with van der Waals surface area (Å²) in [5.41, 5.74) is 3.09. The van der Waals surface area contributed by atoms with Gasteiger partial charge in [0, 0.05) is 33.2 Å². The van der Waals surface area contributed by atoms with Crippen LogP contribution in [0.4, 0.5) is 10.1 Å². The number of unbranched alkanes of at least 4 members (excludes halogenated alkanes) is 1. The molecule has 0 unspecified atom stereocenters. The molecule has 1 heterocycles. The lowest BCUT2D eigenvalue weighted by atomic mass is 10.1. The summed E-state index contributed by atoms with van der Waals surface area (Å²) in [6.45, 7) is 4.67. The highest BCUT2D eigenvalue weighted by molar-refractivity contribution is 7.99. The molecular weight excluding hydrogens is 323 g/mol. The van der Waals surface area contributed by atoms with E-state index in [0.29, 0.717) is 12.1 Å². The molecule has 0 atom stereocenters. The SMILES string of the molecule is CCCCNC(=O)c1ccc2c(c1)N=C(C)c1ccc(F)cc1S2. The summed E-state index contributed by atoms with van der Waals surface area (Å²) in [6.07, 6.45) is 2.00. The van der Waals surface area contributed by atoms with Gasteiger partial charge < -0.3 is 5.32 Å². The van der Waals surface area contributed by atoms with E-state index in [-0.39, 0.29) is 11.7 Å². The molecule has 2 aromatic rings. The van der Waals surface area contributed by atoms with Crippen LogP contribution in [0.2, 0.25) is 0 Å². The summed E-state index contributed by atoms with van der Waals surface area (Å²) in [4.78, 5) is 18.6. The molecule has 2 aromatic carbocycles. The quantitative estimate of drug-likeness (QED) is 0.798. The van der Waals surface area contributed by atoms with Crippen LogP contribution in [0.15, 0.2) is 51.2 Å². The maximum absolute atomic E-state index is 13.5. The molecule has 3 rings (SSSR count). The van der Waals surface area contributed by atoms with Gasteiger partial charge in [0.2, 0.25) is 0 Å². The lowest BCUT2D eigenvalue weighted by Crippen LogP contribution is -2.24. The number of aliphatic imine (C=N–C) groups is 1. The van der Waals surface area contributed by atoms with E-state index in [0.717, 1.165) is 39.6 Å². The summed E-state index contributed by atoms with van der Waals surface area (Å²) < 4.78 is 13.5. The number of amides is 1. The number of nitrogens with zero attached hydrogens (tertiary/aromatic N) is 1. The van der Waals surface area contributed by atoms with Gasteiger partial charge in [-0.3, -0.25) is 9.79 Å². The van der Waals surface area contributed by atoms with Crippen LogP contribution in [0, 0.1) is 5.82 Å². The highest BCUT2D eigenvalue weighted by Gasteiger charge is 2.17. The Morgan fingerprint density at radius 2 is 2.04 bits per heavy atom. The zero-order valence-electron chi connectivity index (χ0n) is 13.7. The number of benzene rings is 2. The minimum absolute atomic E-state index is 0.0862. The first-order chi connectivity index (χ1) is 11.6. The molecule has 0 aliphatic carbocycles. The number of hydrogen-bond donors (Lipinski definition) is 1. The van der Waals surface area contributed by atoms with Crippen molar-refractivity contribution in [3.8, 4) is 0 Å².